The first-order valence-corrected chi connectivity index (χ1v) is 9.25. The fourth-order valence-corrected chi connectivity index (χ4v) is 2.60. The number of carbonyl (C=O) groups excluding carboxylic acids is 1. The van der Waals surface area contributed by atoms with Crippen molar-refractivity contribution < 1.29 is 19.0 Å². The first kappa shape index (κ1) is 22.4. The van der Waals surface area contributed by atoms with E-state index in [0.29, 0.717) is 6.42 Å². The number of carbonyl (C=O) groups is 1. The van der Waals surface area contributed by atoms with Gasteiger partial charge in [0.2, 0.25) is 0 Å². The van der Waals surface area contributed by atoms with Gasteiger partial charge in [0.25, 0.3) is 0 Å². The normalized spacial score (nSPS) is 13.1. The Hall–Kier alpha value is -0.610. The zero-order chi connectivity index (χ0) is 17.6. The molecule has 0 aliphatic carbocycles. The average Bonchev–Trinajstić information content (AvgIpc) is 2.52. The lowest BCUT2D eigenvalue weighted by molar-refractivity contribution is -0.226. The number of ether oxygens (including phenoxy) is 3. The Morgan fingerprint density at radius 1 is 0.913 bits per heavy atom. The van der Waals surface area contributed by atoms with Crippen LogP contribution in [0.1, 0.15) is 91.4 Å². The predicted molar refractivity (Wildman–Crippen MR) is 94.4 cm³/mol. The van der Waals surface area contributed by atoms with Gasteiger partial charge in [-0.3, -0.25) is 4.79 Å². The zero-order valence-corrected chi connectivity index (χ0v) is 16.0. The van der Waals surface area contributed by atoms with Crippen molar-refractivity contribution in [1.29, 1.82) is 0 Å². The van der Waals surface area contributed by atoms with Gasteiger partial charge < -0.3 is 14.2 Å². The van der Waals surface area contributed by atoms with Gasteiger partial charge in [-0.05, 0) is 20.3 Å². The van der Waals surface area contributed by atoms with Crippen LogP contribution in [-0.4, -0.2) is 32.1 Å². The largest absolute Gasteiger partial charge is 0.469 e. The summed E-state index contributed by atoms with van der Waals surface area (Å²) < 4.78 is 16.0. The molecule has 0 aliphatic heterocycles. The van der Waals surface area contributed by atoms with Crippen molar-refractivity contribution in [3.8, 4) is 0 Å². The lowest BCUT2D eigenvalue weighted by atomic mass is 10.0. The van der Waals surface area contributed by atoms with Crippen molar-refractivity contribution >= 4 is 5.97 Å². The topological polar surface area (TPSA) is 44.8 Å². The van der Waals surface area contributed by atoms with Crippen LogP contribution in [-0.2, 0) is 19.0 Å². The Kier molecular flexibility index (Phi) is 13.4. The van der Waals surface area contributed by atoms with Crippen LogP contribution in [0.2, 0.25) is 0 Å². The molecule has 0 aromatic rings. The summed E-state index contributed by atoms with van der Waals surface area (Å²) in [6, 6.07) is 0. The monoisotopic (exact) mass is 330 g/mol. The zero-order valence-electron chi connectivity index (χ0n) is 16.0. The van der Waals surface area contributed by atoms with Crippen molar-refractivity contribution in [3.05, 3.63) is 0 Å². The first-order valence-electron chi connectivity index (χ1n) is 9.25. The van der Waals surface area contributed by atoms with E-state index in [-0.39, 0.29) is 12.1 Å². The highest BCUT2D eigenvalue weighted by Gasteiger charge is 2.25. The molecule has 0 aromatic carbocycles. The fourth-order valence-electron chi connectivity index (χ4n) is 2.60. The third kappa shape index (κ3) is 13.5. The SMILES string of the molecule is CCCCCCCCCCCC(CC(=O)OC)OC(C)(C)OC. The highest BCUT2D eigenvalue weighted by atomic mass is 16.7. The second-order valence-corrected chi connectivity index (χ2v) is 6.74. The molecule has 23 heavy (non-hydrogen) atoms. The van der Waals surface area contributed by atoms with Crippen LogP contribution in [0.25, 0.3) is 0 Å². The van der Waals surface area contributed by atoms with Gasteiger partial charge in [-0.15, -0.1) is 0 Å². The summed E-state index contributed by atoms with van der Waals surface area (Å²) in [7, 11) is 3.03. The van der Waals surface area contributed by atoms with E-state index in [1.807, 2.05) is 13.8 Å². The van der Waals surface area contributed by atoms with E-state index in [2.05, 4.69) is 6.92 Å². The Labute approximate surface area is 143 Å². The lowest BCUT2D eigenvalue weighted by Gasteiger charge is -2.29. The van der Waals surface area contributed by atoms with Crippen molar-refractivity contribution in [2.24, 2.45) is 0 Å². The minimum Gasteiger partial charge on any atom is -0.469 e. The van der Waals surface area contributed by atoms with Gasteiger partial charge >= 0.3 is 5.97 Å². The molecule has 0 aromatic heterocycles. The second kappa shape index (κ2) is 13.8. The molecular weight excluding hydrogens is 292 g/mol. The molecule has 0 spiro atoms. The molecule has 4 nitrogen and oxygen atoms in total. The quantitative estimate of drug-likeness (QED) is 0.234. The number of rotatable bonds is 15. The van der Waals surface area contributed by atoms with Gasteiger partial charge in [0.05, 0.1) is 19.6 Å². The Bertz CT molecular complexity index is 289. The summed E-state index contributed by atoms with van der Waals surface area (Å²) in [5.41, 5.74) is 0. The maximum atomic E-state index is 11.5. The van der Waals surface area contributed by atoms with Gasteiger partial charge in [-0.2, -0.15) is 0 Å². The van der Waals surface area contributed by atoms with E-state index in [1.165, 1.54) is 58.5 Å². The Morgan fingerprint density at radius 2 is 1.43 bits per heavy atom. The van der Waals surface area contributed by atoms with Crippen molar-refractivity contribution in [2.75, 3.05) is 14.2 Å². The fraction of sp³-hybridized carbons (Fsp3) is 0.947. The van der Waals surface area contributed by atoms with Crippen molar-refractivity contribution in [1.82, 2.24) is 0 Å². The minimum absolute atomic E-state index is 0.137. The van der Waals surface area contributed by atoms with E-state index in [0.717, 1.165) is 12.8 Å². The van der Waals surface area contributed by atoms with E-state index < -0.39 is 5.79 Å². The molecular formula is C19H38O4. The summed E-state index contributed by atoms with van der Waals surface area (Å²) in [4.78, 5) is 11.5. The van der Waals surface area contributed by atoms with Crippen molar-refractivity contribution in [2.45, 2.75) is 103 Å². The minimum atomic E-state index is -0.669. The number of unbranched alkanes of at least 4 members (excludes halogenated alkanes) is 8. The molecule has 0 saturated heterocycles. The molecule has 0 heterocycles. The summed E-state index contributed by atoms with van der Waals surface area (Å²) in [5.74, 6) is -0.893. The summed E-state index contributed by atoms with van der Waals surface area (Å²) in [6.45, 7) is 5.98. The van der Waals surface area contributed by atoms with Gasteiger partial charge in [0.1, 0.15) is 0 Å². The number of esters is 1. The van der Waals surface area contributed by atoms with E-state index in [4.69, 9.17) is 14.2 Å². The van der Waals surface area contributed by atoms with Crippen LogP contribution in [0.5, 0.6) is 0 Å². The number of hydrogen-bond donors (Lipinski definition) is 0. The second-order valence-electron chi connectivity index (χ2n) is 6.74. The molecule has 1 unspecified atom stereocenters. The lowest BCUT2D eigenvalue weighted by Crippen LogP contribution is -2.33. The van der Waals surface area contributed by atoms with Crippen molar-refractivity contribution in [3.63, 3.8) is 0 Å². The summed E-state index contributed by atoms with van der Waals surface area (Å²) >= 11 is 0. The molecule has 0 aliphatic rings. The molecule has 0 rings (SSSR count). The third-order valence-electron chi connectivity index (χ3n) is 4.19. The molecule has 138 valence electrons. The van der Waals surface area contributed by atoms with Crippen LogP contribution < -0.4 is 0 Å². The van der Waals surface area contributed by atoms with E-state index >= 15 is 0 Å². The number of methoxy groups -OCH3 is 2. The third-order valence-corrected chi connectivity index (χ3v) is 4.19. The molecule has 1 atom stereocenters. The van der Waals surface area contributed by atoms with Gasteiger partial charge in [0.15, 0.2) is 5.79 Å². The summed E-state index contributed by atoms with van der Waals surface area (Å²) in [6.07, 6.45) is 12.6. The molecule has 4 heteroatoms. The molecule has 0 radical (unpaired) electrons. The Balaban J connectivity index is 3.89. The average molecular weight is 331 g/mol. The maximum Gasteiger partial charge on any atom is 0.308 e. The highest BCUT2D eigenvalue weighted by Crippen LogP contribution is 2.20. The molecule has 0 fully saturated rings. The number of hydrogen-bond acceptors (Lipinski definition) is 4. The van der Waals surface area contributed by atoms with Crippen LogP contribution >= 0.6 is 0 Å². The van der Waals surface area contributed by atoms with Crippen LogP contribution in [0.15, 0.2) is 0 Å². The maximum absolute atomic E-state index is 11.5. The van der Waals surface area contributed by atoms with Gasteiger partial charge in [0, 0.05) is 7.11 Å². The van der Waals surface area contributed by atoms with Crippen LogP contribution in [0.4, 0.5) is 0 Å². The summed E-state index contributed by atoms with van der Waals surface area (Å²) in [5, 5.41) is 0. The smallest absolute Gasteiger partial charge is 0.308 e. The van der Waals surface area contributed by atoms with E-state index in [9.17, 15) is 4.79 Å². The molecule has 0 saturated carbocycles. The van der Waals surface area contributed by atoms with Gasteiger partial charge in [-0.1, -0.05) is 64.7 Å². The first-order chi connectivity index (χ1) is 10.9. The molecule has 0 amide bonds. The highest BCUT2D eigenvalue weighted by molar-refractivity contribution is 5.69. The van der Waals surface area contributed by atoms with Gasteiger partial charge in [-0.25, -0.2) is 0 Å². The predicted octanol–water partition coefficient (Wildman–Crippen LogP) is 5.24. The van der Waals surface area contributed by atoms with Crippen LogP contribution in [0.3, 0.4) is 0 Å². The van der Waals surface area contributed by atoms with E-state index in [1.54, 1.807) is 7.11 Å². The molecule has 0 bridgehead atoms. The molecule has 0 N–H and O–H groups in total. The Morgan fingerprint density at radius 3 is 1.91 bits per heavy atom. The van der Waals surface area contributed by atoms with Crippen LogP contribution in [0, 0.1) is 0 Å². The standard InChI is InChI=1S/C19H38O4/c1-6-7-8-9-10-11-12-13-14-15-17(16-18(20)21-4)23-19(2,3)22-5/h17H,6-16H2,1-5H3.